The number of ether oxygens (including phenoxy) is 2. The molecule has 2 aromatic carbocycles. The summed E-state index contributed by atoms with van der Waals surface area (Å²) in [6, 6.07) is 15.2. The molecule has 5 nitrogen and oxygen atoms in total. The first-order chi connectivity index (χ1) is 13.2. The summed E-state index contributed by atoms with van der Waals surface area (Å²) in [6.07, 6.45) is 2.35. The second-order valence-electron chi connectivity index (χ2n) is 6.52. The van der Waals surface area contributed by atoms with Gasteiger partial charge in [0.25, 0.3) is 5.91 Å². The number of rotatable bonds is 8. The van der Waals surface area contributed by atoms with Crippen LogP contribution >= 0.6 is 11.6 Å². The number of carbonyl (C=O) groups excluding carboxylic acids is 1. The summed E-state index contributed by atoms with van der Waals surface area (Å²) in [4.78, 5) is 14.7. The van der Waals surface area contributed by atoms with Crippen LogP contribution in [0.4, 0.5) is 0 Å². The molecule has 0 spiro atoms. The summed E-state index contributed by atoms with van der Waals surface area (Å²) in [7, 11) is 1.68. The van der Waals surface area contributed by atoms with Gasteiger partial charge in [0.05, 0.1) is 18.2 Å². The van der Waals surface area contributed by atoms with Crippen LogP contribution in [0, 0.1) is 0 Å². The zero-order valence-electron chi connectivity index (χ0n) is 15.5. The smallest absolute Gasteiger partial charge is 0.258 e. The Hall–Kier alpha value is -2.24. The SMILES string of the molecule is COc1ccccc1C(CNC(=O)COc1ccccc1Cl)N1CCCC1. The zero-order valence-corrected chi connectivity index (χ0v) is 16.2. The van der Waals surface area contributed by atoms with Gasteiger partial charge in [-0.2, -0.15) is 0 Å². The van der Waals surface area contributed by atoms with Gasteiger partial charge in [0.2, 0.25) is 0 Å². The van der Waals surface area contributed by atoms with E-state index in [0.717, 1.165) is 24.4 Å². The van der Waals surface area contributed by atoms with E-state index >= 15 is 0 Å². The van der Waals surface area contributed by atoms with Crippen LogP contribution in [0.2, 0.25) is 5.02 Å². The molecule has 1 N–H and O–H groups in total. The molecule has 27 heavy (non-hydrogen) atoms. The molecular weight excluding hydrogens is 364 g/mol. The molecule has 1 atom stereocenters. The average molecular weight is 389 g/mol. The fraction of sp³-hybridized carbons (Fsp3) is 0.381. The first kappa shape index (κ1) is 19.5. The van der Waals surface area contributed by atoms with Crippen molar-refractivity contribution >= 4 is 17.5 Å². The van der Waals surface area contributed by atoms with E-state index in [1.807, 2.05) is 30.3 Å². The third-order valence-electron chi connectivity index (χ3n) is 4.77. The molecule has 1 fully saturated rings. The summed E-state index contributed by atoms with van der Waals surface area (Å²) >= 11 is 6.06. The van der Waals surface area contributed by atoms with Crippen LogP contribution in [0.15, 0.2) is 48.5 Å². The van der Waals surface area contributed by atoms with Crippen molar-refractivity contribution in [1.29, 1.82) is 0 Å². The van der Waals surface area contributed by atoms with Gasteiger partial charge in [-0.05, 0) is 44.1 Å². The lowest BCUT2D eigenvalue weighted by Gasteiger charge is -2.29. The predicted octanol–water partition coefficient (Wildman–Crippen LogP) is 3.68. The second kappa shape index (κ2) is 9.62. The number of benzene rings is 2. The summed E-state index contributed by atoms with van der Waals surface area (Å²) in [6.45, 7) is 2.48. The van der Waals surface area contributed by atoms with E-state index in [4.69, 9.17) is 21.1 Å². The van der Waals surface area contributed by atoms with Crippen LogP contribution in [0.1, 0.15) is 24.4 Å². The van der Waals surface area contributed by atoms with E-state index in [-0.39, 0.29) is 18.6 Å². The summed E-state index contributed by atoms with van der Waals surface area (Å²) in [5.41, 5.74) is 1.09. The number of hydrogen-bond donors (Lipinski definition) is 1. The van der Waals surface area contributed by atoms with Crippen molar-refractivity contribution in [3.05, 3.63) is 59.1 Å². The molecule has 0 aliphatic carbocycles. The van der Waals surface area contributed by atoms with Crippen LogP contribution < -0.4 is 14.8 Å². The summed E-state index contributed by atoms with van der Waals surface area (Å²) in [5.74, 6) is 1.18. The first-order valence-electron chi connectivity index (χ1n) is 9.20. The standard InChI is InChI=1S/C21H25ClN2O3/c1-26-19-10-4-2-8-16(19)18(24-12-6-7-13-24)14-23-21(25)15-27-20-11-5-3-9-17(20)22/h2-5,8-11,18H,6-7,12-15H2,1H3,(H,23,25). The van der Waals surface area contributed by atoms with E-state index in [1.54, 1.807) is 19.2 Å². The fourth-order valence-electron chi connectivity index (χ4n) is 3.40. The maximum absolute atomic E-state index is 12.3. The zero-order chi connectivity index (χ0) is 19.1. The van der Waals surface area contributed by atoms with Gasteiger partial charge in [-0.15, -0.1) is 0 Å². The predicted molar refractivity (Wildman–Crippen MR) is 106 cm³/mol. The molecule has 1 unspecified atom stereocenters. The maximum atomic E-state index is 12.3. The van der Waals surface area contributed by atoms with Gasteiger partial charge in [-0.1, -0.05) is 41.9 Å². The minimum absolute atomic E-state index is 0.0671. The molecule has 3 rings (SSSR count). The van der Waals surface area contributed by atoms with Crippen molar-refractivity contribution in [2.24, 2.45) is 0 Å². The number of nitrogens with zero attached hydrogens (tertiary/aromatic N) is 1. The van der Waals surface area contributed by atoms with E-state index in [1.165, 1.54) is 12.8 Å². The van der Waals surface area contributed by atoms with Crippen molar-refractivity contribution in [3.63, 3.8) is 0 Å². The minimum atomic E-state index is -0.172. The lowest BCUT2D eigenvalue weighted by Crippen LogP contribution is -2.38. The van der Waals surface area contributed by atoms with Gasteiger partial charge in [-0.3, -0.25) is 9.69 Å². The molecule has 0 bridgehead atoms. The molecule has 2 aromatic rings. The highest BCUT2D eigenvalue weighted by atomic mass is 35.5. The van der Waals surface area contributed by atoms with Crippen molar-refractivity contribution in [2.45, 2.75) is 18.9 Å². The highest BCUT2D eigenvalue weighted by Crippen LogP contribution is 2.31. The average Bonchev–Trinajstić information content (AvgIpc) is 3.22. The highest BCUT2D eigenvalue weighted by Gasteiger charge is 2.26. The Morgan fingerprint density at radius 3 is 2.48 bits per heavy atom. The Balaban J connectivity index is 1.62. The van der Waals surface area contributed by atoms with Gasteiger partial charge in [0, 0.05) is 12.1 Å². The monoisotopic (exact) mass is 388 g/mol. The molecule has 1 saturated heterocycles. The fourth-order valence-corrected chi connectivity index (χ4v) is 3.59. The number of likely N-dealkylation sites (tertiary alicyclic amines) is 1. The van der Waals surface area contributed by atoms with Crippen LogP contribution in [0.25, 0.3) is 0 Å². The van der Waals surface area contributed by atoms with Gasteiger partial charge in [-0.25, -0.2) is 0 Å². The Bertz CT molecular complexity index is 763. The first-order valence-corrected chi connectivity index (χ1v) is 9.58. The number of carbonyl (C=O) groups is 1. The van der Waals surface area contributed by atoms with Crippen LogP contribution in [0.5, 0.6) is 11.5 Å². The Labute approximate surface area is 165 Å². The number of halogens is 1. The van der Waals surface area contributed by atoms with Crippen molar-refractivity contribution in [2.75, 3.05) is 33.4 Å². The van der Waals surface area contributed by atoms with Gasteiger partial charge < -0.3 is 14.8 Å². The van der Waals surface area contributed by atoms with Crippen molar-refractivity contribution in [1.82, 2.24) is 10.2 Å². The van der Waals surface area contributed by atoms with E-state index in [2.05, 4.69) is 16.3 Å². The number of nitrogens with one attached hydrogen (secondary N) is 1. The molecule has 1 heterocycles. The van der Waals surface area contributed by atoms with Crippen molar-refractivity contribution in [3.8, 4) is 11.5 Å². The van der Waals surface area contributed by atoms with Crippen LogP contribution in [-0.2, 0) is 4.79 Å². The van der Waals surface area contributed by atoms with E-state index < -0.39 is 0 Å². The quantitative estimate of drug-likeness (QED) is 0.749. The topological polar surface area (TPSA) is 50.8 Å². The number of para-hydroxylation sites is 2. The second-order valence-corrected chi connectivity index (χ2v) is 6.93. The molecule has 6 heteroatoms. The summed E-state index contributed by atoms with van der Waals surface area (Å²) in [5, 5.41) is 3.49. The van der Waals surface area contributed by atoms with Gasteiger partial charge in [0.1, 0.15) is 11.5 Å². The third-order valence-corrected chi connectivity index (χ3v) is 5.08. The molecule has 1 aliphatic rings. The number of hydrogen-bond acceptors (Lipinski definition) is 4. The maximum Gasteiger partial charge on any atom is 0.258 e. The van der Waals surface area contributed by atoms with E-state index in [9.17, 15) is 4.79 Å². The van der Waals surface area contributed by atoms with Crippen LogP contribution in [-0.4, -0.2) is 44.2 Å². The Kier molecular flexibility index (Phi) is 6.96. The van der Waals surface area contributed by atoms with Gasteiger partial charge in [0.15, 0.2) is 6.61 Å². The lowest BCUT2D eigenvalue weighted by atomic mass is 10.0. The Morgan fingerprint density at radius 1 is 1.11 bits per heavy atom. The third kappa shape index (κ3) is 5.15. The molecule has 0 saturated carbocycles. The molecule has 1 amide bonds. The highest BCUT2D eigenvalue weighted by molar-refractivity contribution is 6.32. The molecule has 1 aliphatic heterocycles. The number of amides is 1. The summed E-state index contributed by atoms with van der Waals surface area (Å²) < 4.78 is 11.1. The molecule has 0 aromatic heterocycles. The molecule has 0 radical (unpaired) electrons. The lowest BCUT2D eigenvalue weighted by molar-refractivity contribution is -0.123. The van der Waals surface area contributed by atoms with Crippen LogP contribution in [0.3, 0.4) is 0 Å². The van der Waals surface area contributed by atoms with E-state index in [0.29, 0.717) is 17.3 Å². The molecular formula is C21H25ClN2O3. The Morgan fingerprint density at radius 2 is 1.78 bits per heavy atom. The normalized spacial score (nSPS) is 15.3. The molecule has 144 valence electrons. The minimum Gasteiger partial charge on any atom is -0.496 e. The largest absolute Gasteiger partial charge is 0.496 e. The number of methoxy groups -OCH3 is 1. The van der Waals surface area contributed by atoms with Crippen molar-refractivity contribution < 1.29 is 14.3 Å². The van der Waals surface area contributed by atoms with Gasteiger partial charge >= 0.3 is 0 Å².